The number of fused-ring (bicyclic) bond motifs is 1. The van der Waals surface area contributed by atoms with E-state index in [0.29, 0.717) is 5.58 Å². The van der Waals surface area contributed by atoms with Gasteiger partial charge in [0.25, 0.3) is 0 Å². The van der Waals surface area contributed by atoms with Crippen LogP contribution in [0.2, 0.25) is 0 Å². The van der Waals surface area contributed by atoms with Gasteiger partial charge in [0.1, 0.15) is 5.76 Å². The van der Waals surface area contributed by atoms with Crippen molar-refractivity contribution in [1.82, 2.24) is 0 Å². The smallest absolute Gasteiger partial charge is 0.169 e. The van der Waals surface area contributed by atoms with Crippen molar-refractivity contribution in [2.45, 2.75) is 33.6 Å². The summed E-state index contributed by atoms with van der Waals surface area (Å²) < 4.78 is 18.8. The SMILES string of the molecule is C.CC(C)(C)c1cc2cccc(F)c2o1. The molecule has 0 saturated heterocycles. The molecular formula is C13H17FO. The minimum atomic E-state index is -0.294. The van der Waals surface area contributed by atoms with Crippen LogP contribution in [0.25, 0.3) is 11.0 Å². The minimum Gasteiger partial charge on any atom is -0.457 e. The maximum Gasteiger partial charge on any atom is 0.169 e. The second kappa shape index (κ2) is 3.69. The Morgan fingerprint density at radius 1 is 1.20 bits per heavy atom. The first-order valence-corrected chi connectivity index (χ1v) is 4.67. The second-order valence-electron chi connectivity index (χ2n) is 4.52. The monoisotopic (exact) mass is 208 g/mol. The summed E-state index contributed by atoms with van der Waals surface area (Å²) in [6.45, 7) is 6.13. The highest BCUT2D eigenvalue weighted by molar-refractivity contribution is 5.78. The van der Waals surface area contributed by atoms with Gasteiger partial charge in [-0.2, -0.15) is 0 Å². The highest BCUT2D eigenvalue weighted by Crippen LogP contribution is 2.29. The molecule has 0 aliphatic heterocycles. The molecule has 0 aliphatic carbocycles. The van der Waals surface area contributed by atoms with Crippen molar-refractivity contribution in [3.05, 3.63) is 35.8 Å². The topological polar surface area (TPSA) is 13.1 Å². The molecule has 0 saturated carbocycles. The van der Waals surface area contributed by atoms with Gasteiger partial charge in [0.05, 0.1) is 0 Å². The molecule has 2 aromatic rings. The maximum absolute atomic E-state index is 13.3. The Bertz CT molecular complexity index is 463. The molecule has 15 heavy (non-hydrogen) atoms. The summed E-state index contributed by atoms with van der Waals surface area (Å²) in [5.74, 6) is 0.524. The molecule has 82 valence electrons. The summed E-state index contributed by atoms with van der Waals surface area (Å²) >= 11 is 0. The lowest BCUT2D eigenvalue weighted by molar-refractivity contribution is 0.422. The van der Waals surface area contributed by atoms with E-state index in [4.69, 9.17) is 4.42 Å². The third-order valence-corrected chi connectivity index (χ3v) is 2.24. The molecule has 0 bridgehead atoms. The molecule has 0 N–H and O–H groups in total. The van der Waals surface area contributed by atoms with E-state index in [2.05, 4.69) is 0 Å². The molecule has 0 unspecified atom stereocenters. The molecule has 0 amide bonds. The number of hydrogen-bond donors (Lipinski definition) is 0. The lowest BCUT2D eigenvalue weighted by Gasteiger charge is -2.13. The Labute approximate surface area is 89.9 Å². The zero-order valence-corrected chi connectivity index (χ0v) is 8.60. The predicted octanol–water partition coefficient (Wildman–Crippen LogP) is 4.51. The third-order valence-electron chi connectivity index (χ3n) is 2.24. The van der Waals surface area contributed by atoms with Crippen molar-refractivity contribution >= 4 is 11.0 Å². The lowest BCUT2D eigenvalue weighted by atomic mass is 9.93. The molecule has 2 rings (SSSR count). The maximum atomic E-state index is 13.3. The number of hydrogen-bond acceptors (Lipinski definition) is 1. The third kappa shape index (κ3) is 2.04. The minimum absolute atomic E-state index is 0. The van der Waals surface area contributed by atoms with Crippen LogP contribution in [0.3, 0.4) is 0 Å². The van der Waals surface area contributed by atoms with Crippen LogP contribution in [0.1, 0.15) is 34.0 Å². The fourth-order valence-electron chi connectivity index (χ4n) is 1.40. The Kier molecular flexibility index (Phi) is 2.89. The van der Waals surface area contributed by atoms with Gasteiger partial charge >= 0.3 is 0 Å². The van der Waals surface area contributed by atoms with Crippen molar-refractivity contribution in [2.24, 2.45) is 0 Å². The predicted molar refractivity (Wildman–Crippen MR) is 61.6 cm³/mol. The zero-order chi connectivity index (χ0) is 10.3. The largest absolute Gasteiger partial charge is 0.457 e. The Hall–Kier alpha value is -1.31. The van der Waals surface area contributed by atoms with Gasteiger partial charge < -0.3 is 4.42 Å². The van der Waals surface area contributed by atoms with Crippen LogP contribution in [0, 0.1) is 5.82 Å². The molecule has 1 aromatic heterocycles. The van der Waals surface area contributed by atoms with Crippen molar-refractivity contribution in [1.29, 1.82) is 0 Å². The van der Waals surface area contributed by atoms with Crippen LogP contribution in [-0.4, -0.2) is 0 Å². The van der Waals surface area contributed by atoms with Crippen LogP contribution in [-0.2, 0) is 5.41 Å². The number of para-hydroxylation sites is 1. The molecule has 0 radical (unpaired) electrons. The van der Waals surface area contributed by atoms with Gasteiger partial charge in [-0.25, -0.2) is 4.39 Å². The highest BCUT2D eigenvalue weighted by Gasteiger charge is 2.19. The van der Waals surface area contributed by atoms with Crippen LogP contribution >= 0.6 is 0 Å². The van der Waals surface area contributed by atoms with E-state index in [1.54, 1.807) is 6.07 Å². The molecule has 1 nitrogen and oxygen atoms in total. The molecule has 1 heterocycles. The zero-order valence-electron chi connectivity index (χ0n) is 8.60. The average molecular weight is 208 g/mol. The van der Waals surface area contributed by atoms with E-state index in [1.807, 2.05) is 32.9 Å². The summed E-state index contributed by atoms with van der Waals surface area (Å²) in [4.78, 5) is 0. The first kappa shape index (κ1) is 11.8. The number of furan rings is 1. The van der Waals surface area contributed by atoms with E-state index in [9.17, 15) is 4.39 Å². The van der Waals surface area contributed by atoms with Crippen molar-refractivity contribution in [2.75, 3.05) is 0 Å². The Morgan fingerprint density at radius 2 is 1.87 bits per heavy atom. The summed E-state index contributed by atoms with van der Waals surface area (Å²) in [5.41, 5.74) is 0.281. The Morgan fingerprint density at radius 3 is 2.40 bits per heavy atom. The summed E-state index contributed by atoms with van der Waals surface area (Å²) in [7, 11) is 0. The molecule has 2 heteroatoms. The standard InChI is InChI=1S/C12H13FO.CH4/c1-12(2,3)10-7-8-5-4-6-9(13)11(8)14-10;/h4-7H,1-3H3;1H4. The molecule has 0 aliphatic rings. The lowest BCUT2D eigenvalue weighted by Crippen LogP contribution is -2.08. The fraction of sp³-hybridized carbons (Fsp3) is 0.385. The quantitative estimate of drug-likeness (QED) is 0.621. The van der Waals surface area contributed by atoms with Gasteiger partial charge in [0.15, 0.2) is 11.4 Å². The van der Waals surface area contributed by atoms with Crippen molar-refractivity contribution in [3.8, 4) is 0 Å². The van der Waals surface area contributed by atoms with Gasteiger partial charge in [-0.1, -0.05) is 40.3 Å². The number of halogens is 1. The van der Waals surface area contributed by atoms with Crippen LogP contribution in [0.5, 0.6) is 0 Å². The van der Waals surface area contributed by atoms with E-state index < -0.39 is 0 Å². The normalized spacial score (nSPS) is 11.5. The summed E-state index contributed by atoms with van der Waals surface area (Å²) in [5, 5.41) is 0.829. The first-order valence-electron chi connectivity index (χ1n) is 4.67. The molecule has 1 aromatic carbocycles. The summed E-state index contributed by atoms with van der Waals surface area (Å²) in [6, 6.07) is 6.87. The van der Waals surface area contributed by atoms with Crippen LogP contribution in [0.15, 0.2) is 28.7 Å². The van der Waals surface area contributed by atoms with E-state index in [1.165, 1.54) is 6.07 Å². The number of benzene rings is 1. The molecular weight excluding hydrogens is 191 g/mol. The van der Waals surface area contributed by atoms with E-state index in [0.717, 1.165) is 11.1 Å². The van der Waals surface area contributed by atoms with Gasteiger partial charge in [0.2, 0.25) is 0 Å². The number of rotatable bonds is 0. The second-order valence-corrected chi connectivity index (χ2v) is 4.52. The van der Waals surface area contributed by atoms with Crippen molar-refractivity contribution < 1.29 is 8.81 Å². The molecule has 0 fully saturated rings. The highest BCUT2D eigenvalue weighted by atomic mass is 19.1. The van der Waals surface area contributed by atoms with Crippen LogP contribution < -0.4 is 0 Å². The van der Waals surface area contributed by atoms with Gasteiger partial charge in [0, 0.05) is 10.8 Å². The molecule has 0 spiro atoms. The Balaban J connectivity index is 0.00000112. The van der Waals surface area contributed by atoms with Crippen molar-refractivity contribution in [3.63, 3.8) is 0 Å². The average Bonchev–Trinajstić information content (AvgIpc) is 2.48. The van der Waals surface area contributed by atoms with Gasteiger partial charge in [-0.3, -0.25) is 0 Å². The van der Waals surface area contributed by atoms with Crippen LogP contribution in [0.4, 0.5) is 4.39 Å². The van der Waals surface area contributed by atoms with Gasteiger partial charge in [-0.05, 0) is 12.1 Å². The van der Waals surface area contributed by atoms with Gasteiger partial charge in [-0.15, -0.1) is 0 Å². The summed E-state index contributed by atoms with van der Waals surface area (Å²) in [6.07, 6.45) is 0. The molecule has 0 atom stereocenters. The van der Waals surface area contributed by atoms with E-state index in [-0.39, 0.29) is 18.7 Å². The fourth-order valence-corrected chi connectivity index (χ4v) is 1.40. The first-order chi connectivity index (χ1) is 6.48. The van der Waals surface area contributed by atoms with E-state index >= 15 is 0 Å².